The number of rotatable bonds is 5. The van der Waals surface area contributed by atoms with E-state index in [1.54, 1.807) is 12.4 Å². The van der Waals surface area contributed by atoms with Crippen LogP contribution in [0.4, 0.5) is 11.4 Å². The van der Waals surface area contributed by atoms with Crippen LogP contribution in [0.2, 0.25) is 0 Å². The van der Waals surface area contributed by atoms with E-state index in [0.717, 1.165) is 23.5 Å². The molecule has 0 radical (unpaired) electrons. The Bertz CT molecular complexity index is 911. The van der Waals surface area contributed by atoms with Gasteiger partial charge in [0.25, 0.3) is 0 Å². The lowest BCUT2D eigenvalue weighted by Crippen LogP contribution is -2.23. The minimum absolute atomic E-state index is 0.0828. The molecule has 2 aromatic carbocycles. The second-order valence-corrected chi connectivity index (χ2v) is 6.24. The molecule has 1 aliphatic rings. The van der Waals surface area contributed by atoms with Crippen LogP contribution in [0.5, 0.6) is 0 Å². The van der Waals surface area contributed by atoms with Gasteiger partial charge in [-0.05, 0) is 34.9 Å². The molecule has 1 amide bonds. The molecule has 5 nitrogen and oxygen atoms in total. The number of amides is 1. The zero-order chi connectivity index (χ0) is 17.8. The largest absolute Gasteiger partial charge is 0.376 e. The first-order chi connectivity index (χ1) is 12.8. The molecule has 0 bridgehead atoms. The van der Waals surface area contributed by atoms with Gasteiger partial charge in [0, 0.05) is 30.3 Å². The van der Waals surface area contributed by atoms with Crippen molar-refractivity contribution in [2.75, 3.05) is 17.2 Å². The zero-order valence-corrected chi connectivity index (χ0v) is 14.3. The lowest BCUT2D eigenvalue weighted by molar-refractivity contribution is -0.114. The molecule has 5 heteroatoms. The Labute approximate surface area is 152 Å². The highest BCUT2D eigenvalue weighted by Crippen LogP contribution is 2.34. The Kier molecular flexibility index (Phi) is 4.62. The van der Waals surface area contributed by atoms with Crippen molar-refractivity contribution in [2.24, 2.45) is 0 Å². The van der Waals surface area contributed by atoms with Gasteiger partial charge >= 0.3 is 0 Å². The number of pyridine rings is 1. The smallest absolute Gasteiger partial charge is 0.243 e. The summed E-state index contributed by atoms with van der Waals surface area (Å²) in [5.74, 6) is -0.0828. The Hall–Kier alpha value is -3.18. The van der Waals surface area contributed by atoms with Gasteiger partial charge < -0.3 is 16.0 Å². The van der Waals surface area contributed by atoms with Crippen molar-refractivity contribution in [3.05, 3.63) is 89.7 Å². The third-order valence-corrected chi connectivity index (χ3v) is 4.54. The Balaban J connectivity index is 1.49. The fourth-order valence-electron chi connectivity index (χ4n) is 3.29. The second-order valence-electron chi connectivity index (χ2n) is 6.24. The molecule has 130 valence electrons. The number of benzene rings is 2. The molecule has 1 aromatic heterocycles. The summed E-state index contributed by atoms with van der Waals surface area (Å²) in [6.07, 6.45) is 3.39. The van der Waals surface area contributed by atoms with Gasteiger partial charge in [0.05, 0.1) is 12.6 Å². The summed E-state index contributed by atoms with van der Waals surface area (Å²) < 4.78 is 0. The maximum absolute atomic E-state index is 12.4. The van der Waals surface area contributed by atoms with Crippen LogP contribution in [-0.4, -0.2) is 17.4 Å². The van der Waals surface area contributed by atoms with Gasteiger partial charge in [-0.3, -0.25) is 9.78 Å². The predicted molar refractivity (Wildman–Crippen MR) is 103 cm³/mol. The Morgan fingerprint density at radius 3 is 2.58 bits per heavy atom. The van der Waals surface area contributed by atoms with E-state index in [2.05, 4.69) is 51.3 Å². The third-order valence-electron chi connectivity index (χ3n) is 4.54. The fourth-order valence-corrected chi connectivity index (χ4v) is 3.29. The number of anilines is 2. The normalized spacial score (nSPS) is 15.3. The number of nitrogens with one attached hydrogen (secondary N) is 3. The van der Waals surface area contributed by atoms with Gasteiger partial charge in [0.2, 0.25) is 5.91 Å². The van der Waals surface area contributed by atoms with E-state index in [-0.39, 0.29) is 18.5 Å². The van der Waals surface area contributed by atoms with Crippen LogP contribution in [0, 0.1) is 0 Å². The molecule has 0 saturated heterocycles. The van der Waals surface area contributed by atoms with Crippen molar-refractivity contribution in [3.63, 3.8) is 0 Å². The van der Waals surface area contributed by atoms with Crippen LogP contribution in [0.25, 0.3) is 0 Å². The van der Waals surface area contributed by atoms with Gasteiger partial charge in [0.1, 0.15) is 0 Å². The molecule has 1 atom stereocenters. The Morgan fingerprint density at radius 1 is 1.00 bits per heavy atom. The lowest BCUT2D eigenvalue weighted by atomic mass is 9.97. The van der Waals surface area contributed by atoms with Gasteiger partial charge in [-0.1, -0.05) is 42.5 Å². The Morgan fingerprint density at radius 2 is 1.73 bits per heavy atom. The highest BCUT2D eigenvalue weighted by Gasteiger charge is 2.25. The molecule has 4 rings (SSSR count). The van der Waals surface area contributed by atoms with Crippen molar-refractivity contribution in [1.29, 1.82) is 0 Å². The number of para-hydroxylation sites is 1. The summed E-state index contributed by atoms with van der Waals surface area (Å²) in [4.78, 5) is 16.4. The maximum Gasteiger partial charge on any atom is 0.243 e. The number of fused-ring (bicyclic) bond motifs is 1. The van der Waals surface area contributed by atoms with Crippen molar-refractivity contribution < 1.29 is 4.79 Å². The van der Waals surface area contributed by atoms with Crippen LogP contribution < -0.4 is 16.0 Å². The van der Waals surface area contributed by atoms with Crippen LogP contribution in [0.3, 0.4) is 0 Å². The van der Waals surface area contributed by atoms with Crippen molar-refractivity contribution in [1.82, 2.24) is 10.3 Å². The summed E-state index contributed by atoms with van der Waals surface area (Å²) in [6, 6.07) is 20.1. The molecule has 0 fully saturated rings. The first kappa shape index (κ1) is 16.3. The maximum atomic E-state index is 12.4. The summed E-state index contributed by atoms with van der Waals surface area (Å²) in [7, 11) is 0. The van der Waals surface area contributed by atoms with Crippen LogP contribution in [-0.2, 0) is 11.3 Å². The summed E-state index contributed by atoms with van der Waals surface area (Å²) in [6.45, 7) is 1.04. The fraction of sp³-hybridized carbons (Fsp3) is 0.143. The van der Waals surface area contributed by atoms with Gasteiger partial charge in [0.15, 0.2) is 0 Å². The van der Waals surface area contributed by atoms with Gasteiger partial charge in [-0.25, -0.2) is 0 Å². The molecule has 1 aliphatic heterocycles. The summed E-state index contributed by atoms with van der Waals surface area (Å²) >= 11 is 0. The van der Waals surface area contributed by atoms with Gasteiger partial charge in [-0.15, -0.1) is 0 Å². The number of aromatic nitrogens is 1. The summed E-state index contributed by atoms with van der Waals surface area (Å²) in [5, 5.41) is 9.67. The average Bonchev–Trinajstić information content (AvgIpc) is 3.12. The molecule has 1 unspecified atom stereocenters. The molecule has 0 spiro atoms. The van der Waals surface area contributed by atoms with E-state index in [9.17, 15) is 4.79 Å². The van der Waals surface area contributed by atoms with E-state index in [1.807, 2.05) is 30.3 Å². The van der Waals surface area contributed by atoms with Crippen molar-refractivity contribution in [3.8, 4) is 0 Å². The lowest BCUT2D eigenvalue weighted by Gasteiger charge is -2.18. The minimum Gasteiger partial charge on any atom is -0.376 e. The van der Waals surface area contributed by atoms with E-state index in [1.165, 1.54) is 11.1 Å². The molecular formula is C21H20N4O. The first-order valence-corrected chi connectivity index (χ1v) is 8.65. The highest BCUT2D eigenvalue weighted by molar-refractivity contribution is 5.94. The molecule has 0 saturated carbocycles. The third kappa shape index (κ3) is 3.43. The monoisotopic (exact) mass is 344 g/mol. The molecule has 2 heterocycles. The molecule has 3 N–H and O–H groups in total. The number of carbonyl (C=O) groups excluding carboxylic acids is 1. The molecule has 26 heavy (non-hydrogen) atoms. The first-order valence-electron chi connectivity index (χ1n) is 8.65. The standard InChI is InChI=1S/C21H20N4O/c26-20(14-23-16-9-11-22-12-10-16)25-19-8-4-3-7-18(19)21-17-6-2-1-5-15(17)13-24-21/h1-12,21,24H,13-14H2,(H,22,23)(H,25,26). The zero-order valence-electron chi connectivity index (χ0n) is 14.3. The highest BCUT2D eigenvalue weighted by atomic mass is 16.1. The average molecular weight is 344 g/mol. The van der Waals surface area contributed by atoms with Crippen LogP contribution in [0.1, 0.15) is 22.7 Å². The predicted octanol–water partition coefficient (Wildman–Crippen LogP) is 3.32. The topological polar surface area (TPSA) is 66.0 Å². The van der Waals surface area contributed by atoms with Crippen molar-refractivity contribution >= 4 is 17.3 Å². The minimum atomic E-state index is -0.0828. The number of nitrogens with zero attached hydrogens (tertiary/aromatic N) is 1. The van der Waals surface area contributed by atoms with E-state index in [4.69, 9.17) is 0 Å². The van der Waals surface area contributed by atoms with E-state index >= 15 is 0 Å². The summed E-state index contributed by atoms with van der Waals surface area (Å²) in [5.41, 5.74) is 5.36. The number of hydrogen-bond acceptors (Lipinski definition) is 4. The second kappa shape index (κ2) is 7.37. The van der Waals surface area contributed by atoms with E-state index < -0.39 is 0 Å². The quantitative estimate of drug-likeness (QED) is 0.664. The van der Waals surface area contributed by atoms with Crippen LogP contribution in [0.15, 0.2) is 73.1 Å². The van der Waals surface area contributed by atoms with E-state index in [0.29, 0.717) is 0 Å². The van der Waals surface area contributed by atoms with Crippen LogP contribution >= 0.6 is 0 Å². The molecule has 3 aromatic rings. The SMILES string of the molecule is O=C(CNc1ccncc1)Nc1ccccc1C1NCc2ccccc21. The number of carbonyl (C=O) groups is 1. The van der Waals surface area contributed by atoms with Crippen molar-refractivity contribution in [2.45, 2.75) is 12.6 Å². The van der Waals surface area contributed by atoms with Gasteiger partial charge in [-0.2, -0.15) is 0 Å². The molecule has 0 aliphatic carbocycles. The number of hydrogen-bond donors (Lipinski definition) is 3. The molecular weight excluding hydrogens is 324 g/mol.